The summed E-state index contributed by atoms with van der Waals surface area (Å²) in [4.78, 5) is 30.6. The highest BCUT2D eigenvalue weighted by Gasteiger charge is 2.45. The Bertz CT molecular complexity index is 1110. The number of thiophene rings is 1. The number of carbonyl (C=O) groups is 2. The molecule has 0 radical (unpaired) electrons. The number of hydrogen-bond donors (Lipinski definition) is 1. The Hall–Kier alpha value is -2.69. The molecule has 2 amide bonds. The molecule has 3 heterocycles. The molecule has 2 aromatic rings. The molecule has 0 atom stereocenters. The predicted molar refractivity (Wildman–Crippen MR) is 137 cm³/mol. The number of carbonyl (C=O) groups excluding carboxylic acids is 2. The number of amides is 2. The fourth-order valence-corrected chi connectivity index (χ4v) is 5.54. The smallest absolute Gasteiger partial charge is 0.322 e. The van der Waals surface area contributed by atoms with Crippen molar-refractivity contribution in [2.24, 2.45) is 0 Å². The topological polar surface area (TPSA) is 55.9 Å². The molecule has 194 valence electrons. The van der Waals surface area contributed by atoms with Crippen LogP contribution in [0.5, 0.6) is 0 Å². The summed E-state index contributed by atoms with van der Waals surface area (Å²) >= 11 is 1.35. The van der Waals surface area contributed by atoms with E-state index in [0.29, 0.717) is 35.8 Å². The second-order valence-electron chi connectivity index (χ2n) is 9.50. The maximum Gasteiger partial charge on any atom is 0.471 e. The third-order valence-corrected chi connectivity index (χ3v) is 7.82. The van der Waals surface area contributed by atoms with Crippen molar-refractivity contribution in [3.8, 4) is 10.4 Å². The van der Waals surface area contributed by atoms with Gasteiger partial charge in [-0.3, -0.25) is 9.59 Å². The summed E-state index contributed by atoms with van der Waals surface area (Å²) in [6, 6.07) is 11.2. The van der Waals surface area contributed by atoms with E-state index in [1.165, 1.54) is 22.5 Å². The van der Waals surface area contributed by atoms with Crippen LogP contribution in [0.1, 0.15) is 24.8 Å². The van der Waals surface area contributed by atoms with Crippen LogP contribution in [0, 0.1) is 0 Å². The van der Waals surface area contributed by atoms with Crippen LogP contribution in [-0.2, 0) is 9.59 Å². The van der Waals surface area contributed by atoms with Crippen LogP contribution in [0.3, 0.4) is 0 Å². The molecule has 1 aromatic heterocycles. The first-order chi connectivity index (χ1) is 17.1. The number of piperidine rings is 1. The molecule has 10 heteroatoms. The Balaban J connectivity index is 1.40. The number of nitrogens with zero attached hydrogens (tertiary/aromatic N) is 3. The van der Waals surface area contributed by atoms with Crippen molar-refractivity contribution in [1.82, 2.24) is 14.7 Å². The maximum absolute atomic E-state index is 13.2. The predicted octanol–water partition coefficient (Wildman–Crippen LogP) is 4.56. The zero-order valence-electron chi connectivity index (χ0n) is 20.5. The fraction of sp³-hybridized carbons (Fsp3) is 0.462. The number of rotatable bonds is 6. The van der Waals surface area contributed by atoms with E-state index in [9.17, 15) is 22.8 Å². The van der Waals surface area contributed by atoms with Crippen molar-refractivity contribution >= 4 is 33.7 Å². The summed E-state index contributed by atoms with van der Waals surface area (Å²) in [5, 5.41) is 3.21. The molecule has 2 aliphatic heterocycles. The Labute approximate surface area is 213 Å². The molecule has 6 nitrogen and oxygen atoms in total. The summed E-state index contributed by atoms with van der Waals surface area (Å²) in [5.41, 5.74) is 3.53. The van der Waals surface area contributed by atoms with E-state index in [4.69, 9.17) is 0 Å². The van der Waals surface area contributed by atoms with Crippen molar-refractivity contribution in [2.45, 2.75) is 31.5 Å². The number of nitrogens with one attached hydrogen (secondary N) is 1. The van der Waals surface area contributed by atoms with Gasteiger partial charge in [-0.2, -0.15) is 13.2 Å². The van der Waals surface area contributed by atoms with E-state index in [-0.39, 0.29) is 0 Å². The fourth-order valence-electron chi connectivity index (χ4n) is 4.61. The molecule has 1 N–H and O–H groups in total. The van der Waals surface area contributed by atoms with E-state index in [1.54, 1.807) is 6.07 Å². The molecule has 0 aliphatic carbocycles. The van der Waals surface area contributed by atoms with Gasteiger partial charge in [0.2, 0.25) is 5.91 Å². The van der Waals surface area contributed by atoms with Crippen LogP contribution in [0.25, 0.3) is 16.0 Å². The lowest BCUT2D eigenvalue weighted by atomic mass is 9.98. The number of likely N-dealkylation sites (N-methyl/N-ethyl adjacent to an activating group) is 1. The van der Waals surface area contributed by atoms with Crippen LogP contribution in [0.2, 0.25) is 0 Å². The quantitative estimate of drug-likeness (QED) is 0.607. The summed E-state index contributed by atoms with van der Waals surface area (Å²) in [6.45, 7) is 2.50. The first-order valence-electron chi connectivity index (χ1n) is 12.0. The summed E-state index contributed by atoms with van der Waals surface area (Å²) in [5.74, 6) is -2.59. The number of halogens is 3. The monoisotopic (exact) mass is 520 g/mol. The van der Waals surface area contributed by atoms with Gasteiger partial charge in [0.15, 0.2) is 0 Å². The zero-order chi connectivity index (χ0) is 25.9. The molecule has 1 saturated heterocycles. The van der Waals surface area contributed by atoms with Gasteiger partial charge in [0.25, 0.3) is 0 Å². The van der Waals surface area contributed by atoms with Crippen LogP contribution in [0.15, 0.2) is 42.5 Å². The van der Waals surface area contributed by atoms with Crippen molar-refractivity contribution in [1.29, 1.82) is 0 Å². The third-order valence-electron chi connectivity index (χ3n) is 6.77. The molecule has 4 rings (SSSR count). The average Bonchev–Trinajstić information content (AvgIpc) is 3.31. The van der Waals surface area contributed by atoms with Gasteiger partial charge in [-0.05, 0) is 75.3 Å². The number of likely N-dealkylation sites (tertiary alicyclic amines) is 1. The van der Waals surface area contributed by atoms with Crippen LogP contribution in [-0.4, -0.2) is 85.6 Å². The summed E-state index contributed by atoms with van der Waals surface area (Å²) in [7, 11) is 3.98. The highest BCUT2D eigenvalue weighted by molar-refractivity contribution is 7.19. The molecule has 0 bridgehead atoms. The maximum atomic E-state index is 13.2. The minimum Gasteiger partial charge on any atom is -0.322 e. The van der Waals surface area contributed by atoms with E-state index < -0.39 is 30.6 Å². The SMILES string of the molecule is CN1CC=C(c2ccc(-c3ccc(NC(=O)CN(C(=O)C(F)(F)F)C4CCN(C)CC4)s3)cc2)CC1. The highest BCUT2D eigenvalue weighted by Crippen LogP contribution is 2.33. The molecule has 1 aromatic carbocycles. The van der Waals surface area contributed by atoms with Crippen LogP contribution >= 0.6 is 11.3 Å². The minimum atomic E-state index is -5.02. The minimum absolute atomic E-state index is 0.401. The van der Waals surface area contributed by atoms with Gasteiger partial charge in [-0.1, -0.05) is 30.3 Å². The summed E-state index contributed by atoms with van der Waals surface area (Å²) < 4.78 is 39.7. The lowest BCUT2D eigenvalue weighted by Crippen LogP contribution is -2.53. The van der Waals surface area contributed by atoms with Crippen LogP contribution in [0.4, 0.5) is 18.2 Å². The second-order valence-corrected chi connectivity index (χ2v) is 10.6. The molecule has 36 heavy (non-hydrogen) atoms. The van der Waals surface area contributed by atoms with E-state index >= 15 is 0 Å². The summed E-state index contributed by atoms with van der Waals surface area (Å²) in [6.07, 6.45) is -0.960. The lowest BCUT2D eigenvalue weighted by molar-refractivity contribution is -0.188. The first kappa shape index (κ1) is 26.4. The number of hydrogen-bond acceptors (Lipinski definition) is 5. The third kappa shape index (κ3) is 6.54. The number of benzene rings is 1. The van der Waals surface area contributed by atoms with Crippen molar-refractivity contribution in [2.75, 3.05) is 52.1 Å². The average molecular weight is 521 g/mol. The van der Waals surface area contributed by atoms with E-state index in [1.807, 2.05) is 30.1 Å². The Morgan fingerprint density at radius 2 is 1.67 bits per heavy atom. The normalized spacial score (nSPS) is 18.1. The standard InChI is InChI=1S/C26H31F3N4O2S/c1-31-13-9-19(10-14-31)18-3-5-20(6-4-18)22-7-8-24(36-22)30-23(34)17-33(25(35)26(27,28)29)21-11-15-32(2)16-12-21/h3-9,21H,10-17H2,1-2H3,(H,30,34). The van der Waals surface area contributed by atoms with Gasteiger partial charge in [0.1, 0.15) is 6.54 Å². The van der Waals surface area contributed by atoms with Crippen molar-refractivity contribution in [3.63, 3.8) is 0 Å². The van der Waals surface area contributed by atoms with Gasteiger partial charge in [-0.25, -0.2) is 0 Å². The number of anilines is 1. The zero-order valence-corrected chi connectivity index (χ0v) is 21.3. The molecule has 2 aliphatic rings. The highest BCUT2D eigenvalue weighted by atomic mass is 32.1. The largest absolute Gasteiger partial charge is 0.471 e. The molecule has 0 saturated carbocycles. The van der Waals surface area contributed by atoms with Gasteiger partial charge < -0.3 is 20.0 Å². The second kappa shape index (κ2) is 11.1. The Morgan fingerprint density at radius 1 is 1.00 bits per heavy atom. The van der Waals surface area contributed by atoms with E-state index in [0.717, 1.165) is 30.0 Å². The van der Waals surface area contributed by atoms with Gasteiger partial charge in [0.05, 0.1) is 5.00 Å². The molecular formula is C26H31F3N4O2S. The van der Waals surface area contributed by atoms with Gasteiger partial charge in [0, 0.05) is 24.0 Å². The Morgan fingerprint density at radius 3 is 2.28 bits per heavy atom. The lowest BCUT2D eigenvalue weighted by Gasteiger charge is -2.37. The molecular weight excluding hydrogens is 489 g/mol. The van der Waals surface area contributed by atoms with Crippen molar-refractivity contribution < 1.29 is 22.8 Å². The van der Waals surface area contributed by atoms with Crippen molar-refractivity contribution in [3.05, 3.63) is 48.0 Å². The van der Waals surface area contributed by atoms with E-state index in [2.05, 4.69) is 35.5 Å². The molecule has 1 fully saturated rings. The molecule has 0 unspecified atom stereocenters. The van der Waals surface area contributed by atoms with Gasteiger partial charge >= 0.3 is 12.1 Å². The molecule has 0 spiro atoms. The first-order valence-corrected chi connectivity index (χ1v) is 12.9. The van der Waals surface area contributed by atoms with Gasteiger partial charge in [-0.15, -0.1) is 11.3 Å². The van der Waals surface area contributed by atoms with Crippen LogP contribution < -0.4 is 5.32 Å². The number of alkyl halides is 3. The Kier molecular flexibility index (Phi) is 8.17.